The van der Waals surface area contributed by atoms with Crippen LogP contribution in [0.25, 0.3) is 11.3 Å². The molecule has 0 saturated heterocycles. The summed E-state index contributed by atoms with van der Waals surface area (Å²) in [5.74, 6) is 0. The lowest BCUT2D eigenvalue weighted by atomic mass is 9.94. The number of sulfonamides is 1. The third-order valence-corrected chi connectivity index (χ3v) is 5.50. The topological polar surface area (TPSA) is 65.1 Å². The van der Waals surface area contributed by atoms with Crippen molar-refractivity contribution >= 4 is 10.0 Å². The summed E-state index contributed by atoms with van der Waals surface area (Å²) in [5.41, 5.74) is 2.82. The van der Waals surface area contributed by atoms with Crippen molar-refractivity contribution < 1.29 is 8.42 Å². The summed E-state index contributed by atoms with van der Waals surface area (Å²) in [5, 5.41) is 5.39. The molecule has 0 amide bonds. The van der Waals surface area contributed by atoms with E-state index in [-0.39, 0.29) is 4.90 Å². The summed E-state index contributed by atoms with van der Waals surface area (Å²) >= 11 is 0. The highest BCUT2D eigenvalue weighted by Gasteiger charge is 2.22. The van der Waals surface area contributed by atoms with E-state index in [0.29, 0.717) is 11.6 Å². The van der Waals surface area contributed by atoms with Gasteiger partial charge in [0, 0.05) is 23.0 Å². The van der Waals surface area contributed by atoms with Crippen molar-refractivity contribution in [2.24, 2.45) is 5.14 Å². The van der Waals surface area contributed by atoms with Crippen LogP contribution in [0.2, 0.25) is 0 Å². The maximum absolute atomic E-state index is 11.9. The van der Waals surface area contributed by atoms with Crippen LogP contribution in [0.4, 0.5) is 0 Å². The molecule has 0 unspecified atom stereocenters. The normalized spacial score (nSPS) is 16.8. The highest BCUT2D eigenvalue weighted by Crippen LogP contribution is 2.36. The fourth-order valence-electron chi connectivity index (χ4n) is 3.52. The predicted molar refractivity (Wildman–Crippen MR) is 88.1 cm³/mol. The predicted octanol–water partition coefficient (Wildman–Crippen LogP) is 3.62. The van der Waals surface area contributed by atoms with Gasteiger partial charge in [0.15, 0.2) is 0 Å². The summed E-state index contributed by atoms with van der Waals surface area (Å²) in [4.78, 5) is 0.199. The quantitative estimate of drug-likeness (QED) is 0.939. The van der Waals surface area contributed by atoms with Crippen molar-refractivity contribution in [3.63, 3.8) is 0 Å². The number of hydrogen-bond acceptors (Lipinski definition) is 2. The van der Waals surface area contributed by atoms with E-state index in [0.717, 1.165) is 18.5 Å². The lowest BCUT2D eigenvalue weighted by Gasteiger charge is -2.27. The first-order valence-electron chi connectivity index (χ1n) is 7.78. The maximum Gasteiger partial charge on any atom is 0.238 e. The molecule has 118 valence electrons. The maximum atomic E-state index is 11.9. The number of rotatable bonds is 3. The second-order valence-electron chi connectivity index (χ2n) is 6.06. The van der Waals surface area contributed by atoms with Crippen molar-refractivity contribution in [2.45, 2.75) is 50.0 Å². The summed E-state index contributed by atoms with van der Waals surface area (Å²) in [6.07, 6.45) is 6.07. The molecular weight excluding hydrogens is 296 g/mol. The highest BCUT2D eigenvalue weighted by atomic mass is 32.2. The zero-order valence-electron chi connectivity index (χ0n) is 12.8. The molecule has 1 heterocycles. The van der Waals surface area contributed by atoms with E-state index in [9.17, 15) is 8.42 Å². The van der Waals surface area contributed by atoms with Crippen LogP contribution < -0.4 is 5.14 Å². The molecule has 1 saturated carbocycles. The minimum atomic E-state index is -3.73. The average Bonchev–Trinajstić information content (AvgIpc) is 2.89. The largest absolute Gasteiger partial charge is 0.342 e. The van der Waals surface area contributed by atoms with E-state index in [1.165, 1.54) is 25.0 Å². The molecule has 3 rings (SSSR count). The summed E-state index contributed by atoms with van der Waals surface area (Å²) in [6, 6.07) is 11.5. The van der Waals surface area contributed by atoms with E-state index in [1.807, 2.05) is 18.2 Å². The van der Waals surface area contributed by atoms with Crippen LogP contribution in [-0.4, -0.2) is 13.0 Å². The number of primary sulfonamides is 1. The first-order chi connectivity index (χ1) is 10.5. The standard InChI is InChI=1S/C17H22N2O2S/c1-13-11-12-16(19(13)14-7-3-2-4-8-14)15-9-5-6-10-17(15)22(18,20)21/h5-6,9-12,14H,2-4,7-8H2,1H3,(H2,18,20,21). The number of benzene rings is 1. The van der Waals surface area contributed by atoms with E-state index >= 15 is 0 Å². The smallest absolute Gasteiger partial charge is 0.238 e. The van der Waals surface area contributed by atoms with Crippen LogP contribution in [-0.2, 0) is 10.0 Å². The van der Waals surface area contributed by atoms with Gasteiger partial charge in [0.05, 0.1) is 4.90 Å². The zero-order valence-corrected chi connectivity index (χ0v) is 13.6. The van der Waals surface area contributed by atoms with Gasteiger partial charge < -0.3 is 4.57 Å². The molecule has 0 atom stereocenters. The molecule has 0 aliphatic heterocycles. The lowest BCUT2D eigenvalue weighted by Crippen LogP contribution is -2.17. The van der Waals surface area contributed by atoms with Gasteiger partial charge in [-0.1, -0.05) is 37.5 Å². The second-order valence-corrected chi connectivity index (χ2v) is 7.59. The summed E-state index contributed by atoms with van der Waals surface area (Å²) in [6.45, 7) is 2.08. The van der Waals surface area contributed by atoms with Crippen molar-refractivity contribution in [2.75, 3.05) is 0 Å². The number of aromatic nitrogens is 1. The van der Waals surface area contributed by atoms with Gasteiger partial charge in [-0.2, -0.15) is 0 Å². The molecule has 1 aromatic carbocycles. The zero-order chi connectivity index (χ0) is 15.7. The highest BCUT2D eigenvalue weighted by molar-refractivity contribution is 7.89. The van der Waals surface area contributed by atoms with Gasteiger partial charge in [-0.3, -0.25) is 0 Å². The molecule has 1 fully saturated rings. The summed E-state index contributed by atoms with van der Waals surface area (Å²) in [7, 11) is -3.73. The van der Waals surface area contributed by atoms with Crippen molar-refractivity contribution in [3.8, 4) is 11.3 Å². The first kappa shape index (κ1) is 15.3. The minimum absolute atomic E-state index is 0.199. The fraction of sp³-hybridized carbons (Fsp3) is 0.412. The van der Waals surface area contributed by atoms with E-state index in [1.54, 1.807) is 12.1 Å². The molecule has 1 aliphatic rings. The van der Waals surface area contributed by atoms with Gasteiger partial charge in [0.25, 0.3) is 0 Å². The first-order valence-corrected chi connectivity index (χ1v) is 9.33. The Kier molecular flexibility index (Phi) is 4.10. The Hall–Kier alpha value is -1.59. The van der Waals surface area contributed by atoms with Gasteiger partial charge in [-0.25, -0.2) is 13.6 Å². The third kappa shape index (κ3) is 2.83. The Bertz CT molecular complexity index is 772. The fourth-order valence-corrected chi connectivity index (χ4v) is 4.27. The van der Waals surface area contributed by atoms with Gasteiger partial charge >= 0.3 is 0 Å². The van der Waals surface area contributed by atoms with Crippen molar-refractivity contribution in [1.82, 2.24) is 4.57 Å². The van der Waals surface area contributed by atoms with Gasteiger partial charge in [-0.05, 0) is 38.0 Å². The molecule has 22 heavy (non-hydrogen) atoms. The Morgan fingerprint density at radius 3 is 2.41 bits per heavy atom. The molecule has 4 nitrogen and oxygen atoms in total. The molecule has 5 heteroatoms. The number of nitrogens with zero attached hydrogens (tertiary/aromatic N) is 1. The number of hydrogen-bond donors (Lipinski definition) is 1. The second kappa shape index (κ2) is 5.89. The van der Waals surface area contributed by atoms with E-state index in [2.05, 4.69) is 17.6 Å². The molecule has 1 aliphatic carbocycles. The molecular formula is C17H22N2O2S. The molecule has 2 N–H and O–H groups in total. The number of nitrogens with two attached hydrogens (primary N) is 1. The van der Waals surface area contributed by atoms with Crippen LogP contribution in [0.1, 0.15) is 43.8 Å². The van der Waals surface area contributed by atoms with Gasteiger partial charge in [0.2, 0.25) is 10.0 Å². The SMILES string of the molecule is Cc1ccc(-c2ccccc2S(N)(=O)=O)n1C1CCCCC1. The van der Waals surface area contributed by atoms with Gasteiger partial charge in [0.1, 0.15) is 0 Å². The van der Waals surface area contributed by atoms with Crippen molar-refractivity contribution in [1.29, 1.82) is 0 Å². The van der Waals surface area contributed by atoms with Crippen LogP contribution in [0.5, 0.6) is 0 Å². The Morgan fingerprint density at radius 1 is 1.05 bits per heavy atom. The molecule has 0 spiro atoms. The molecule has 1 aromatic heterocycles. The lowest BCUT2D eigenvalue weighted by molar-refractivity contribution is 0.352. The van der Waals surface area contributed by atoms with Crippen LogP contribution in [0.15, 0.2) is 41.3 Å². The minimum Gasteiger partial charge on any atom is -0.342 e. The van der Waals surface area contributed by atoms with E-state index in [4.69, 9.17) is 5.14 Å². The molecule has 0 bridgehead atoms. The van der Waals surface area contributed by atoms with Crippen molar-refractivity contribution in [3.05, 3.63) is 42.1 Å². The van der Waals surface area contributed by atoms with E-state index < -0.39 is 10.0 Å². The number of aryl methyl sites for hydroxylation is 1. The third-order valence-electron chi connectivity index (χ3n) is 4.53. The Morgan fingerprint density at radius 2 is 1.73 bits per heavy atom. The Labute approximate surface area is 132 Å². The molecule has 0 radical (unpaired) electrons. The Balaban J connectivity index is 2.14. The van der Waals surface area contributed by atoms with Crippen LogP contribution >= 0.6 is 0 Å². The van der Waals surface area contributed by atoms with Crippen LogP contribution in [0, 0.1) is 6.92 Å². The monoisotopic (exact) mass is 318 g/mol. The van der Waals surface area contributed by atoms with Gasteiger partial charge in [-0.15, -0.1) is 0 Å². The van der Waals surface area contributed by atoms with Crippen LogP contribution in [0.3, 0.4) is 0 Å². The molecule has 2 aromatic rings. The summed E-state index contributed by atoms with van der Waals surface area (Å²) < 4.78 is 26.1. The average molecular weight is 318 g/mol.